The first-order chi connectivity index (χ1) is 21.3. The number of Topliss-reactive ketones (excluding diaryl/α,β-unsaturated/α-hetero) is 2. The second-order valence-electron chi connectivity index (χ2n) is 14.6. The Morgan fingerprint density at radius 3 is 1.15 bits per heavy atom. The fourth-order valence-electron chi connectivity index (χ4n) is 6.01. The summed E-state index contributed by atoms with van der Waals surface area (Å²) in [6.07, 6.45) is 4.45. The summed E-state index contributed by atoms with van der Waals surface area (Å²) in [6.45, 7) is 34.5. The van der Waals surface area contributed by atoms with Gasteiger partial charge >= 0.3 is 0 Å². The van der Waals surface area contributed by atoms with E-state index in [1.807, 2.05) is 0 Å². The van der Waals surface area contributed by atoms with Crippen molar-refractivity contribution < 1.29 is 23.9 Å². The normalized spacial score (nSPS) is 14.2. The molecule has 0 fully saturated rings. The van der Waals surface area contributed by atoms with Gasteiger partial charge in [-0.25, -0.2) is 0 Å². The molecule has 2 N–H and O–H groups in total. The third kappa shape index (κ3) is 14.9. The zero-order chi connectivity index (χ0) is 35.3. The molecule has 2 unspecified atom stereocenters. The SMILES string of the molecule is C.CC(=O)c1cccc(C(C)=O)c1.CCCN(CCC)C(C)(O[Si](C)(C)C)c1cccc(C(C)(O[Si](C)(C)C)N(CCC)CCC)c1.O. The molecule has 2 aromatic carbocycles. The van der Waals surface area contributed by atoms with Crippen molar-refractivity contribution in [3.05, 3.63) is 70.8 Å². The van der Waals surface area contributed by atoms with Crippen LogP contribution in [0.1, 0.15) is 120 Å². The van der Waals surface area contributed by atoms with Gasteiger partial charge in [0.25, 0.3) is 0 Å². The molecular weight excluding hydrogens is 633 g/mol. The molecule has 0 amide bonds. The standard InChI is InChI=1S/C28H56N2O2Si2.C10H10O2.CH4.H2O/c1-13-20-29(21-14-2)27(5,31-33(7,8)9)25-18-17-19-26(24-25)28(6,32-34(10,11)12)30(22-15-3)23-16-4;1-7(11)9-4-3-5-10(6-9)8(2)12;;/h17-19,24H,13-16,20-23H2,1-12H3;3-6H,1-2H3;1H4;1H2. The van der Waals surface area contributed by atoms with E-state index in [2.05, 4.69) is 115 Å². The fourth-order valence-corrected chi connectivity index (χ4v) is 8.89. The lowest BCUT2D eigenvalue weighted by molar-refractivity contribution is -0.0898. The van der Waals surface area contributed by atoms with Gasteiger partial charge in [-0.15, -0.1) is 0 Å². The molecule has 0 spiro atoms. The van der Waals surface area contributed by atoms with Crippen LogP contribution in [0.4, 0.5) is 0 Å². The maximum atomic E-state index is 10.9. The third-order valence-corrected chi connectivity index (χ3v) is 9.82. The first kappa shape index (κ1) is 48.1. The maximum Gasteiger partial charge on any atom is 0.186 e. The molecule has 2 rings (SSSR count). The van der Waals surface area contributed by atoms with E-state index in [4.69, 9.17) is 8.85 Å². The van der Waals surface area contributed by atoms with Gasteiger partial charge < -0.3 is 14.3 Å². The lowest BCUT2D eigenvalue weighted by Gasteiger charge is -2.47. The van der Waals surface area contributed by atoms with Crippen LogP contribution in [0, 0.1) is 0 Å². The molecule has 276 valence electrons. The van der Waals surface area contributed by atoms with Gasteiger partial charge in [-0.05, 0) is 116 Å². The summed E-state index contributed by atoms with van der Waals surface area (Å²) in [5, 5.41) is 0. The minimum Gasteiger partial charge on any atom is -0.412 e. The van der Waals surface area contributed by atoms with E-state index < -0.39 is 28.1 Å². The van der Waals surface area contributed by atoms with Crippen molar-refractivity contribution in [2.45, 2.75) is 139 Å². The molecular formula is C39H72N2O5Si2. The molecule has 0 bridgehead atoms. The Kier molecular flexibility index (Phi) is 21.3. The number of rotatable bonds is 18. The predicted molar refractivity (Wildman–Crippen MR) is 211 cm³/mol. The molecule has 0 saturated carbocycles. The molecule has 0 radical (unpaired) electrons. The van der Waals surface area contributed by atoms with Crippen LogP contribution in [0.15, 0.2) is 48.5 Å². The number of benzene rings is 2. The molecule has 0 aromatic heterocycles. The van der Waals surface area contributed by atoms with Crippen LogP contribution in [-0.2, 0) is 20.3 Å². The maximum absolute atomic E-state index is 10.9. The van der Waals surface area contributed by atoms with Gasteiger partial charge in [-0.1, -0.05) is 71.5 Å². The van der Waals surface area contributed by atoms with E-state index in [0.29, 0.717) is 11.1 Å². The number of ketones is 2. The van der Waals surface area contributed by atoms with Gasteiger partial charge in [0.2, 0.25) is 0 Å². The van der Waals surface area contributed by atoms with Crippen molar-refractivity contribution in [2.75, 3.05) is 26.2 Å². The van der Waals surface area contributed by atoms with Crippen molar-refractivity contribution in [1.82, 2.24) is 9.80 Å². The van der Waals surface area contributed by atoms with E-state index in [1.54, 1.807) is 24.3 Å². The summed E-state index contributed by atoms with van der Waals surface area (Å²) in [5.41, 5.74) is 2.76. The minimum atomic E-state index is -1.82. The second kappa shape index (κ2) is 21.3. The van der Waals surface area contributed by atoms with Crippen molar-refractivity contribution >= 4 is 28.2 Å². The third-order valence-electron chi connectivity index (χ3n) is 7.80. The quantitative estimate of drug-likeness (QED) is 0.0872. The predicted octanol–water partition coefficient (Wildman–Crippen LogP) is 9.88. The first-order valence-corrected chi connectivity index (χ1v) is 24.2. The molecule has 2 aromatic rings. The Bertz CT molecular complexity index is 1140. The van der Waals surface area contributed by atoms with E-state index >= 15 is 0 Å². The lowest BCUT2D eigenvalue weighted by atomic mass is 9.94. The van der Waals surface area contributed by atoms with Crippen LogP contribution in [0.25, 0.3) is 0 Å². The fraction of sp³-hybridized carbons (Fsp3) is 0.641. The van der Waals surface area contributed by atoms with E-state index in [9.17, 15) is 9.59 Å². The highest BCUT2D eigenvalue weighted by atomic mass is 28.4. The van der Waals surface area contributed by atoms with Gasteiger partial charge in [-0.2, -0.15) is 0 Å². The summed E-state index contributed by atoms with van der Waals surface area (Å²) >= 11 is 0. The number of hydrogen-bond donors (Lipinski definition) is 0. The molecule has 9 heteroatoms. The zero-order valence-electron chi connectivity index (χ0n) is 32.3. The van der Waals surface area contributed by atoms with Crippen LogP contribution in [0.5, 0.6) is 0 Å². The Hall–Kier alpha value is -1.99. The average Bonchev–Trinajstić information content (AvgIpc) is 2.95. The summed E-state index contributed by atoms with van der Waals surface area (Å²) in [4.78, 5) is 26.9. The van der Waals surface area contributed by atoms with Crippen molar-refractivity contribution in [3.8, 4) is 0 Å². The van der Waals surface area contributed by atoms with Crippen LogP contribution in [-0.4, -0.2) is 69.7 Å². The van der Waals surface area contributed by atoms with E-state index in [-0.39, 0.29) is 24.5 Å². The number of carbonyl (C=O) groups excluding carboxylic acids is 2. The smallest absolute Gasteiger partial charge is 0.186 e. The summed E-state index contributed by atoms with van der Waals surface area (Å²) < 4.78 is 14.0. The first-order valence-electron chi connectivity index (χ1n) is 17.4. The van der Waals surface area contributed by atoms with Gasteiger partial charge in [0.05, 0.1) is 0 Å². The highest BCUT2D eigenvalue weighted by molar-refractivity contribution is 6.70. The Labute approximate surface area is 297 Å². The highest BCUT2D eigenvalue weighted by Gasteiger charge is 2.42. The topological polar surface area (TPSA) is 90.6 Å². The van der Waals surface area contributed by atoms with Crippen LogP contribution >= 0.6 is 0 Å². The molecule has 7 nitrogen and oxygen atoms in total. The molecule has 0 heterocycles. The van der Waals surface area contributed by atoms with Gasteiger partial charge in [-0.3, -0.25) is 19.4 Å². The van der Waals surface area contributed by atoms with Crippen LogP contribution < -0.4 is 0 Å². The Balaban J connectivity index is 0. The molecule has 48 heavy (non-hydrogen) atoms. The Morgan fingerprint density at radius 2 is 0.896 bits per heavy atom. The van der Waals surface area contributed by atoms with Crippen molar-refractivity contribution in [1.29, 1.82) is 0 Å². The minimum absolute atomic E-state index is 0. The highest BCUT2D eigenvalue weighted by Crippen LogP contribution is 2.39. The number of carbonyl (C=O) groups is 2. The Morgan fingerprint density at radius 1 is 0.604 bits per heavy atom. The molecule has 0 aliphatic heterocycles. The number of hydrogen-bond acceptors (Lipinski definition) is 6. The number of nitrogens with zero attached hydrogens (tertiary/aromatic N) is 2. The monoisotopic (exact) mass is 704 g/mol. The zero-order valence-corrected chi connectivity index (χ0v) is 34.3. The lowest BCUT2D eigenvalue weighted by Crippen LogP contribution is -2.53. The summed E-state index contributed by atoms with van der Waals surface area (Å²) in [7, 11) is -3.64. The van der Waals surface area contributed by atoms with Crippen molar-refractivity contribution in [3.63, 3.8) is 0 Å². The van der Waals surface area contributed by atoms with E-state index in [0.717, 1.165) is 51.9 Å². The largest absolute Gasteiger partial charge is 0.412 e. The average molecular weight is 705 g/mol. The summed E-state index contributed by atoms with van der Waals surface area (Å²) in [6, 6.07) is 15.9. The van der Waals surface area contributed by atoms with Gasteiger partial charge in [0, 0.05) is 37.3 Å². The molecule has 0 aliphatic rings. The van der Waals surface area contributed by atoms with Crippen LogP contribution in [0.2, 0.25) is 39.3 Å². The summed E-state index contributed by atoms with van der Waals surface area (Å²) in [5.74, 6) is -0.0313. The van der Waals surface area contributed by atoms with Crippen molar-refractivity contribution in [2.24, 2.45) is 0 Å². The second-order valence-corrected chi connectivity index (χ2v) is 23.5. The molecule has 0 aliphatic carbocycles. The molecule has 2 atom stereocenters. The van der Waals surface area contributed by atoms with Gasteiger partial charge in [0.1, 0.15) is 11.4 Å². The molecule has 0 saturated heterocycles. The van der Waals surface area contributed by atoms with Crippen LogP contribution in [0.3, 0.4) is 0 Å². The van der Waals surface area contributed by atoms with E-state index in [1.165, 1.54) is 25.0 Å². The van der Waals surface area contributed by atoms with Gasteiger partial charge in [0.15, 0.2) is 28.2 Å².